The first-order valence-corrected chi connectivity index (χ1v) is 11.0. The molecule has 152 valence electrons. The highest BCUT2D eigenvalue weighted by Crippen LogP contribution is 2.58. The van der Waals surface area contributed by atoms with Crippen molar-refractivity contribution in [1.82, 2.24) is 0 Å². The first-order valence-electron chi connectivity index (χ1n) is 11.0. The van der Waals surface area contributed by atoms with Crippen molar-refractivity contribution >= 4 is 0 Å². The van der Waals surface area contributed by atoms with Gasteiger partial charge in [-0.3, -0.25) is 0 Å². The molecule has 3 aliphatic rings. The summed E-state index contributed by atoms with van der Waals surface area (Å²) in [7, 11) is 0. The van der Waals surface area contributed by atoms with Crippen LogP contribution in [0, 0.1) is 17.3 Å². The Morgan fingerprint density at radius 1 is 1.07 bits per heavy atom. The molecule has 3 nitrogen and oxygen atoms in total. The summed E-state index contributed by atoms with van der Waals surface area (Å²) in [5.41, 5.74) is 3.72. The van der Waals surface area contributed by atoms with E-state index in [1.807, 2.05) is 0 Å². The summed E-state index contributed by atoms with van der Waals surface area (Å²) >= 11 is 0. The van der Waals surface area contributed by atoms with Gasteiger partial charge in [0, 0.05) is 6.61 Å². The largest absolute Gasteiger partial charge is 0.396 e. The van der Waals surface area contributed by atoms with E-state index in [9.17, 15) is 10.2 Å². The second-order valence-electron chi connectivity index (χ2n) is 9.34. The van der Waals surface area contributed by atoms with Crippen LogP contribution in [0.2, 0.25) is 0 Å². The van der Waals surface area contributed by atoms with Crippen LogP contribution in [0.5, 0.6) is 0 Å². The maximum atomic E-state index is 10.1. The Morgan fingerprint density at radius 2 is 1.81 bits per heavy atom. The summed E-state index contributed by atoms with van der Waals surface area (Å²) in [6.45, 7) is 6.64. The van der Waals surface area contributed by atoms with E-state index in [-0.39, 0.29) is 0 Å². The molecule has 0 aromatic rings. The molecule has 0 radical (unpaired) electrons. The number of hydrogen-bond acceptors (Lipinski definition) is 3. The minimum absolute atomic E-state index is 0.322. The zero-order valence-electron chi connectivity index (χ0n) is 17.0. The van der Waals surface area contributed by atoms with Crippen LogP contribution in [0.25, 0.3) is 0 Å². The first-order chi connectivity index (χ1) is 13.0. The predicted molar refractivity (Wildman–Crippen MR) is 110 cm³/mol. The molecule has 0 amide bonds. The molecule has 0 heterocycles. The predicted octanol–water partition coefficient (Wildman–Crippen LogP) is 4.68. The van der Waals surface area contributed by atoms with Crippen LogP contribution in [-0.4, -0.2) is 34.1 Å². The number of aliphatic hydroxyl groups excluding tert-OH is 3. The Hall–Kier alpha value is -0.900. The fraction of sp³-hybridized carbons (Fsp3) is 0.750. The molecule has 0 spiro atoms. The SMILES string of the molecule is C=C1[C@H](O)CC(=C/C=C2\CCC[C@]3(C)[C@@H](CCCCCO)CC[C@@H]23)C[C@H]1O. The van der Waals surface area contributed by atoms with Gasteiger partial charge in [-0.1, -0.05) is 49.6 Å². The van der Waals surface area contributed by atoms with Gasteiger partial charge >= 0.3 is 0 Å². The van der Waals surface area contributed by atoms with Crippen molar-refractivity contribution in [1.29, 1.82) is 0 Å². The summed E-state index contributed by atoms with van der Waals surface area (Å²) in [4.78, 5) is 0. The highest BCUT2D eigenvalue weighted by atomic mass is 16.3. The molecule has 3 N–H and O–H groups in total. The average Bonchev–Trinajstić information content (AvgIpc) is 2.98. The van der Waals surface area contributed by atoms with Gasteiger partial charge in [-0.2, -0.15) is 0 Å². The second-order valence-corrected chi connectivity index (χ2v) is 9.34. The van der Waals surface area contributed by atoms with Crippen LogP contribution in [0.1, 0.15) is 77.6 Å². The molecule has 0 aliphatic heterocycles. The standard InChI is InChI=1S/C24H38O3/c1-17-22(26)15-18(16-23(17)27)9-10-19-7-6-13-24(2)20(11-12-21(19)24)8-4-3-5-14-25/h9-10,20-23,25-27H,1,3-8,11-16H2,2H3/b19-10+/t20-,21-,22+,23+,24+/m0/s1. The number of hydrogen-bond donors (Lipinski definition) is 3. The Morgan fingerprint density at radius 3 is 2.52 bits per heavy atom. The van der Waals surface area contributed by atoms with Gasteiger partial charge in [0.05, 0.1) is 12.2 Å². The number of aliphatic hydroxyl groups is 3. The third-order valence-electron chi connectivity index (χ3n) is 7.67. The van der Waals surface area contributed by atoms with Gasteiger partial charge in [0.25, 0.3) is 0 Å². The maximum Gasteiger partial charge on any atom is 0.0809 e. The van der Waals surface area contributed by atoms with Crippen LogP contribution >= 0.6 is 0 Å². The Labute approximate surface area is 164 Å². The van der Waals surface area contributed by atoms with Crippen LogP contribution in [0.15, 0.2) is 35.5 Å². The van der Waals surface area contributed by atoms with E-state index in [0.717, 1.165) is 24.3 Å². The minimum atomic E-state index is -0.607. The molecule has 0 aromatic carbocycles. The van der Waals surface area contributed by atoms with Crippen LogP contribution in [0.4, 0.5) is 0 Å². The zero-order valence-corrected chi connectivity index (χ0v) is 17.0. The lowest BCUT2D eigenvalue weighted by atomic mass is 9.62. The van der Waals surface area contributed by atoms with Crippen molar-refractivity contribution in [3.05, 3.63) is 35.5 Å². The lowest BCUT2D eigenvalue weighted by Crippen LogP contribution is -2.33. The molecule has 0 aromatic heterocycles. The van der Waals surface area contributed by atoms with Crippen LogP contribution in [-0.2, 0) is 0 Å². The molecular weight excluding hydrogens is 336 g/mol. The van der Waals surface area contributed by atoms with Crippen molar-refractivity contribution in [3.8, 4) is 0 Å². The number of unbranched alkanes of at least 4 members (excludes halogenated alkanes) is 2. The van der Waals surface area contributed by atoms with Crippen molar-refractivity contribution in [2.24, 2.45) is 17.3 Å². The van der Waals surface area contributed by atoms with Gasteiger partial charge in [-0.05, 0) is 80.6 Å². The molecule has 3 rings (SSSR count). The normalized spacial score (nSPS) is 38.3. The number of allylic oxidation sites excluding steroid dienone is 3. The smallest absolute Gasteiger partial charge is 0.0809 e. The summed E-state index contributed by atoms with van der Waals surface area (Å²) < 4.78 is 0. The summed E-state index contributed by atoms with van der Waals surface area (Å²) in [5.74, 6) is 1.51. The van der Waals surface area contributed by atoms with Crippen LogP contribution < -0.4 is 0 Å². The van der Waals surface area contributed by atoms with E-state index in [4.69, 9.17) is 5.11 Å². The van der Waals surface area contributed by atoms with Gasteiger partial charge < -0.3 is 15.3 Å². The number of fused-ring (bicyclic) bond motifs is 1. The molecule has 3 saturated carbocycles. The third-order valence-corrected chi connectivity index (χ3v) is 7.67. The van der Waals surface area contributed by atoms with Crippen molar-refractivity contribution in [3.63, 3.8) is 0 Å². The molecule has 3 heteroatoms. The van der Waals surface area contributed by atoms with Gasteiger partial charge in [0.1, 0.15) is 0 Å². The zero-order chi connectivity index (χ0) is 19.4. The first kappa shape index (κ1) is 20.8. The fourth-order valence-electron chi connectivity index (χ4n) is 5.92. The summed E-state index contributed by atoms with van der Waals surface area (Å²) in [6.07, 6.45) is 15.6. The maximum absolute atomic E-state index is 10.1. The molecule has 0 bridgehead atoms. The monoisotopic (exact) mass is 374 g/mol. The number of rotatable bonds is 6. The van der Waals surface area contributed by atoms with Gasteiger partial charge in [0.15, 0.2) is 0 Å². The molecule has 5 atom stereocenters. The van der Waals surface area contributed by atoms with Crippen molar-refractivity contribution in [2.45, 2.75) is 89.8 Å². The molecule has 3 fully saturated rings. The van der Waals surface area contributed by atoms with E-state index in [0.29, 0.717) is 36.4 Å². The van der Waals surface area contributed by atoms with Crippen molar-refractivity contribution < 1.29 is 15.3 Å². The van der Waals surface area contributed by atoms with E-state index >= 15 is 0 Å². The average molecular weight is 375 g/mol. The van der Waals surface area contributed by atoms with E-state index < -0.39 is 12.2 Å². The fourth-order valence-corrected chi connectivity index (χ4v) is 5.92. The Bertz CT molecular complexity index is 574. The molecule has 0 saturated heterocycles. The third kappa shape index (κ3) is 4.58. The molecule has 0 unspecified atom stereocenters. The van der Waals surface area contributed by atoms with E-state index in [2.05, 4.69) is 25.7 Å². The molecular formula is C24H38O3. The van der Waals surface area contributed by atoms with Crippen LogP contribution in [0.3, 0.4) is 0 Å². The summed E-state index contributed by atoms with van der Waals surface area (Å²) in [6, 6.07) is 0. The lowest BCUT2D eigenvalue weighted by molar-refractivity contribution is 0.123. The van der Waals surface area contributed by atoms with Crippen molar-refractivity contribution in [2.75, 3.05) is 6.61 Å². The van der Waals surface area contributed by atoms with Gasteiger partial charge in [-0.15, -0.1) is 0 Å². The summed E-state index contributed by atoms with van der Waals surface area (Å²) in [5, 5.41) is 29.1. The molecule has 27 heavy (non-hydrogen) atoms. The second kappa shape index (κ2) is 9.07. The van der Waals surface area contributed by atoms with Gasteiger partial charge in [0.2, 0.25) is 0 Å². The highest BCUT2D eigenvalue weighted by molar-refractivity contribution is 5.29. The quantitative estimate of drug-likeness (QED) is 0.467. The lowest BCUT2D eigenvalue weighted by Gasteiger charge is -2.42. The van der Waals surface area contributed by atoms with Gasteiger partial charge in [-0.25, -0.2) is 0 Å². The minimum Gasteiger partial charge on any atom is -0.396 e. The topological polar surface area (TPSA) is 60.7 Å². The Kier molecular flexibility index (Phi) is 6.99. The molecule has 3 aliphatic carbocycles. The Balaban J connectivity index is 1.66. The highest BCUT2D eigenvalue weighted by Gasteiger charge is 2.48. The van der Waals surface area contributed by atoms with E-state index in [1.54, 1.807) is 5.57 Å². The van der Waals surface area contributed by atoms with E-state index in [1.165, 1.54) is 44.9 Å².